The highest BCUT2D eigenvalue weighted by molar-refractivity contribution is 5.66. The molecule has 0 bridgehead atoms. The lowest BCUT2D eigenvalue weighted by atomic mass is 10.1. The van der Waals surface area contributed by atoms with E-state index in [0.717, 1.165) is 32.1 Å². The van der Waals surface area contributed by atoms with Crippen LogP contribution < -0.4 is 0 Å². The molecule has 0 aliphatic rings. The van der Waals surface area contributed by atoms with Gasteiger partial charge in [-0.1, -0.05) is 42.5 Å². The highest BCUT2D eigenvalue weighted by Gasteiger charge is 1.94. The van der Waals surface area contributed by atoms with Gasteiger partial charge < -0.3 is 5.11 Å². The minimum Gasteiger partial charge on any atom is -0.481 e. The zero-order chi connectivity index (χ0) is 12.3. The molecule has 0 heterocycles. The summed E-state index contributed by atoms with van der Waals surface area (Å²) in [4.78, 5) is 10.3. The highest BCUT2D eigenvalue weighted by Crippen LogP contribution is 2.05. The lowest BCUT2D eigenvalue weighted by Crippen LogP contribution is -1.92. The molecule has 0 aliphatic heterocycles. The predicted molar refractivity (Wildman–Crippen MR) is 70.0 cm³/mol. The van der Waals surface area contributed by atoms with Crippen LogP contribution in [0.4, 0.5) is 0 Å². The SMILES string of the molecule is O=C(O)CCCC/C=C/CCc1ccccc1. The number of aryl methyl sites for hydroxylation is 1. The van der Waals surface area contributed by atoms with E-state index in [2.05, 4.69) is 36.4 Å². The predicted octanol–water partition coefficient (Wildman–Crippen LogP) is 3.82. The average Bonchev–Trinajstić information content (AvgIpc) is 2.33. The number of hydrogen-bond donors (Lipinski definition) is 1. The zero-order valence-corrected chi connectivity index (χ0v) is 10.1. The number of unbranched alkanes of at least 4 members (excludes halogenated alkanes) is 2. The lowest BCUT2D eigenvalue weighted by molar-refractivity contribution is -0.137. The van der Waals surface area contributed by atoms with Gasteiger partial charge in [-0.3, -0.25) is 4.79 Å². The molecule has 0 fully saturated rings. The molecule has 1 rings (SSSR count). The van der Waals surface area contributed by atoms with Gasteiger partial charge in [-0.15, -0.1) is 0 Å². The molecule has 0 spiro atoms. The summed E-state index contributed by atoms with van der Waals surface area (Å²) in [6.07, 6.45) is 9.50. The fraction of sp³-hybridized carbons (Fsp3) is 0.400. The van der Waals surface area contributed by atoms with E-state index in [1.807, 2.05) is 6.07 Å². The first-order valence-electron chi connectivity index (χ1n) is 6.20. The van der Waals surface area contributed by atoms with Gasteiger partial charge >= 0.3 is 5.97 Å². The van der Waals surface area contributed by atoms with Crippen LogP contribution in [0.2, 0.25) is 0 Å². The molecule has 1 N–H and O–H groups in total. The normalized spacial score (nSPS) is 10.8. The van der Waals surface area contributed by atoms with E-state index in [0.29, 0.717) is 0 Å². The number of carboxylic acid groups (broad SMARTS) is 1. The Morgan fingerprint density at radius 3 is 2.47 bits per heavy atom. The average molecular weight is 232 g/mol. The van der Waals surface area contributed by atoms with E-state index >= 15 is 0 Å². The summed E-state index contributed by atoms with van der Waals surface area (Å²) >= 11 is 0. The first kappa shape index (κ1) is 13.5. The van der Waals surface area contributed by atoms with Crippen molar-refractivity contribution in [3.8, 4) is 0 Å². The van der Waals surface area contributed by atoms with Crippen molar-refractivity contribution in [1.29, 1.82) is 0 Å². The van der Waals surface area contributed by atoms with Crippen LogP contribution >= 0.6 is 0 Å². The zero-order valence-electron chi connectivity index (χ0n) is 10.1. The first-order chi connectivity index (χ1) is 8.29. The Kier molecular flexibility index (Phi) is 6.80. The van der Waals surface area contributed by atoms with Gasteiger partial charge in [0.25, 0.3) is 0 Å². The maximum atomic E-state index is 10.3. The van der Waals surface area contributed by atoms with Gasteiger partial charge in [0, 0.05) is 6.42 Å². The van der Waals surface area contributed by atoms with Crippen LogP contribution in [0.15, 0.2) is 42.5 Å². The van der Waals surface area contributed by atoms with Crippen LogP contribution in [0.1, 0.15) is 37.7 Å². The standard InChI is InChI=1S/C15H20O2/c16-15(17)13-9-4-2-1-3-6-10-14-11-7-5-8-12-14/h1,3,5,7-8,11-12H,2,4,6,9-10,13H2,(H,16,17)/b3-1+. The molecule has 0 saturated heterocycles. The van der Waals surface area contributed by atoms with Crippen molar-refractivity contribution >= 4 is 5.97 Å². The quantitative estimate of drug-likeness (QED) is 0.546. The van der Waals surface area contributed by atoms with Gasteiger partial charge in [0.1, 0.15) is 0 Å². The summed E-state index contributed by atoms with van der Waals surface area (Å²) in [6.45, 7) is 0. The molecule has 1 aromatic rings. The summed E-state index contributed by atoms with van der Waals surface area (Å²) in [6, 6.07) is 10.4. The number of rotatable bonds is 8. The Labute approximate surface area is 103 Å². The molecule has 2 nitrogen and oxygen atoms in total. The summed E-state index contributed by atoms with van der Waals surface area (Å²) < 4.78 is 0. The second-order valence-corrected chi connectivity index (χ2v) is 4.14. The Bertz CT molecular complexity index is 341. The van der Waals surface area contributed by atoms with E-state index in [9.17, 15) is 4.79 Å². The van der Waals surface area contributed by atoms with Gasteiger partial charge in [-0.25, -0.2) is 0 Å². The molecule has 2 heteroatoms. The third-order valence-corrected chi connectivity index (χ3v) is 2.62. The van der Waals surface area contributed by atoms with Crippen molar-refractivity contribution in [2.75, 3.05) is 0 Å². The topological polar surface area (TPSA) is 37.3 Å². The first-order valence-corrected chi connectivity index (χ1v) is 6.20. The summed E-state index contributed by atoms with van der Waals surface area (Å²) in [5.41, 5.74) is 1.36. The van der Waals surface area contributed by atoms with Crippen LogP contribution in [0.25, 0.3) is 0 Å². The van der Waals surface area contributed by atoms with E-state index in [1.54, 1.807) is 0 Å². The van der Waals surface area contributed by atoms with Crippen LogP contribution in [-0.4, -0.2) is 11.1 Å². The molecule has 1 aromatic carbocycles. The van der Waals surface area contributed by atoms with Crippen molar-refractivity contribution < 1.29 is 9.90 Å². The monoisotopic (exact) mass is 232 g/mol. The van der Waals surface area contributed by atoms with Crippen molar-refractivity contribution in [2.45, 2.75) is 38.5 Å². The number of allylic oxidation sites excluding steroid dienone is 2. The van der Waals surface area contributed by atoms with Gasteiger partial charge in [-0.2, -0.15) is 0 Å². The fourth-order valence-corrected chi connectivity index (χ4v) is 1.67. The Morgan fingerprint density at radius 1 is 1.06 bits per heavy atom. The minimum atomic E-state index is -0.696. The third kappa shape index (κ3) is 7.34. The molecule has 0 amide bonds. The van der Waals surface area contributed by atoms with Crippen molar-refractivity contribution in [3.63, 3.8) is 0 Å². The Balaban J connectivity index is 2.01. The third-order valence-electron chi connectivity index (χ3n) is 2.62. The second kappa shape index (κ2) is 8.57. The molecule has 0 saturated carbocycles. The van der Waals surface area contributed by atoms with Gasteiger partial charge in [-0.05, 0) is 37.7 Å². The molecular weight excluding hydrogens is 212 g/mol. The van der Waals surface area contributed by atoms with Crippen molar-refractivity contribution in [2.24, 2.45) is 0 Å². The van der Waals surface area contributed by atoms with E-state index in [4.69, 9.17) is 5.11 Å². The fourth-order valence-electron chi connectivity index (χ4n) is 1.67. The van der Waals surface area contributed by atoms with Crippen molar-refractivity contribution in [1.82, 2.24) is 0 Å². The van der Waals surface area contributed by atoms with Crippen LogP contribution in [0.3, 0.4) is 0 Å². The summed E-state index contributed by atoms with van der Waals surface area (Å²) in [5.74, 6) is -0.696. The minimum absolute atomic E-state index is 0.290. The molecule has 0 atom stereocenters. The second-order valence-electron chi connectivity index (χ2n) is 4.14. The van der Waals surface area contributed by atoms with Gasteiger partial charge in [0.2, 0.25) is 0 Å². The van der Waals surface area contributed by atoms with Crippen LogP contribution in [-0.2, 0) is 11.2 Å². The summed E-state index contributed by atoms with van der Waals surface area (Å²) in [7, 11) is 0. The Hall–Kier alpha value is -1.57. The number of benzene rings is 1. The number of carbonyl (C=O) groups is 1. The number of carboxylic acids is 1. The highest BCUT2D eigenvalue weighted by atomic mass is 16.4. The van der Waals surface area contributed by atoms with Gasteiger partial charge in [0.05, 0.1) is 0 Å². The van der Waals surface area contributed by atoms with Crippen LogP contribution in [0.5, 0.6) is 0 Å². The van der Waals surface area contributed by atoms with Crippen LogP contribution in [0, 0.1) is 0 Å². The van der Waals surface area contributed by atoms with Gasteiger partial charge in [0.15, 0.2) is 0 Å². The maximum Gasteiger partial charge on any atom is 0.303 e. The molecule has 0 aromatic heterocycles. The molecule has 0 aliphatic carbocycles. The Morgan fingerprint density at radius 2 is 1.76 bits per heavy atom. The van der Waals surface area contributed by atoms with Crippen molar-refractivity contribution in [3.05, 3.63) is 48.0 Å². The van der Waals surface area contributed by atoms with E-state index in [1.165, 1.54) is 5.56 Å². The molecular formula is C15H20O2. The summed E-state index contributed by atoms with van der Waals surface area (Å²) in [5, 5.41) is 8.46. The van der Waals surface area contributed by atoms with E-state index < -0.39 is 5.97 Å². The molecule has 92 valence electrons. The molecule has 17 heavy (non-hydrogen) atoms. The number of aliphatic carboxylic acids is 1. The molecule has 0 radical (unpaired) electrons. The smallest absolute Gasteiger partial charge is 0.303 e. The largest absolute Gasteiger partial charge is 0.481 e. The molecule has 0 unspecified atom stereocenters. The lowest BCUT2D eigenvalue weighted by Gasteiger charge is -1.96. The van der Waals surface area contributed by atoms with E-state index in [-0.39, 0.29) is 6.42 Å². The number of hydrogen-bond acceptors (Lipinski definition) is 1. The maximum absolute atomic E-state index is 10.3.